The predicted octanol–water partition coefficient (Wildman–Crippen LogP) is 5.64. The summed E-state index contributed by atoms with van der Waals surface area (Å²) in [5, 5.41) is 3.32. The van der Waals surface area contributed by atoms with Crippen LogP contribution in [-0.4, -0.2) is 81.7 Å². The summed E-state index contributed by atoms with van der Waals surface area (Å²) in [6.07, 6.45) is 0.356. The van der Waals surface area contributed by atoms with Crippen molar-refractivity contribution in [1.82, 2.24) is 9.80 Å². The number of ether oxygens (including phenoxy) is 3. The zero-order valence-corrected chi connectivity index (χ0v) is 26.9. The zero-order valence-electron chi connectivity index (χ0n) is 26.1. The SMILES string of the molecule is COc1cc(OC(=O)N(C)CCCN(C)C)ccc1-c1ccc2c(c1COC(=O)c1ccc(C)s1)N(C)C(=O)C(C)(C)N2. The first kappa shape index (κ1) is 31.8. The first-order valence-electron chi connectivity index (χ1n) is 14.0. The number of nitrogens with one attached hydrogen (secondary N) is 1. The van der Waals surface area contributed by atoms with Gasteiger partial charge in [0.15, 0.2) is 0 Å². The molecule has 0 atom stereocenters. The molecule has 2 aromatic carbocycles. The van der Waals surface area contributed by atoms with Gasteiger partial charge in [0.1, 0.15) is 28.5 Å². The number of aryl methyl sites for hydroxylation is 1. The quantitative estimate of drug-likeness (QED) is 0.295. The van der Waals surface area contributed by atoms with Crippen LogP contribution in [0, 0.1) is 6.92 Å². The lowest BCUT2D eigenvalue weighted by molar-refractivity contribution is -0.121. The maximum Gasteiger partial charge on any atom is 0.414 e. The van der Waals surface area contributed by atoms with Crippen LogP contribution in [-0.2, 0) is 16.1 Å². The first-order valence-corrected chi connectivity index (χ1v) is 14.9. The molecule has 0 fully saturated rings. The van der Waals surface area contributed by atoms with Gasteiger partial charge in [-0.3, -0.25) is 4.79 Å². The van der Waals surface area contributed by atoms with Crippen molar-refractivity contribution < 1.29 is 28.6 Å². The van der Waals surface area contributed by atoms with Crippen LogP contribution in [0.1, 0.15) is 40.4 Å². The molecule has 0 unspecified atom stereocenters. The summed E-state index contributed by atoms with van der Waals surface area (Å²) in [4.78, 5) is 45.6. The highest BCUT2D eigenvalue weighted by Crippen LogP contribution is 2.45. The van der Waals surface area contributed by atoms with Crippen LogP contribution < -0.4 is 19.7 Å². The molecule has 0 aliphatic carbocycles. The van der Waals surface area contributed by atoms with E-state index >= 15 is 0 Å². The molecule has 10 nitrogen and oxygen atoms in total. The lowest BCUT2D eigenvalue weighted by Gasteiger charge is -2.39. The number of esters is 1. The van der Waals surface area contributed by atoms with Gasteiger partial charge in [-0.1, -0.05) is 6.07 Å². The average molecular weight is 609 g/mol. The number of carbonyl (C=O) groups is 3. The van der Waals surface area contributed by atoms with Gasteiger partial charge in [0.25, 0.3) is 5.91 Å². The fraction of sp³-hybridized carbons (Fsp3) is 0.406. The normalized spacial score (nSPS) is 13.8. The fourth-order valence-electron chi connectivity index (χ4n) is 5.03. The number of carbonyl (C=O) groups excluding carboxylic acids is 3. The number of likely N-dealkylation sites (N-methyl/N-ethyl adjacent to an activating group) is 1. The molecule has 1 aromatic heterocycles. The molecule has 0 radical (unpaired) electrons. The molecule has 11 heteroatoms. The van der Waals surface area contributed by atoms with Gasteiger partial charge < -0.3 is 34.2 Å². The number of hydrogen-bond donors (Lipinski definition) is 1. The van der Waals surface area contributed by atoms with Gasteiger partial charge in [0, 0.05) is 42.7 Å². The molecule has 2 amide bonds. The van der Waals surface area contributed by atoms with Crippen LogP contribution >= 0.6 is 11.3 Å². The number of thiophene rings is 1. The molecule has 2 heterocycles. The number of hydrogen-bond acceptors (Lipinski definition) is 9. The largest absolute Gasteiger partial charge is 0.496 e. The summed E-state index contributed by atoms with van der Waals surface area (Å²) in [5.41, 5.74) is 2.60. The van der Waals surface area contributed by atoms with Crippen molar-refractivity contribution in [2.24, 2.45) is 0 Å². The molecular formula is C32H40N4O6S. The monoisotopic (exact) mass is 608 g/mol. The van der Waals surface area contributed by atoms with Crippen molar-refractivity contribution in [3.05, 3.63) is 57.8 Å². The van der Waals surface area contributed by atoms with Gasteiger partial charge in [-0.25, -0.2) is 9.59 Å². The van der Waals surface area contributed by atoms with E-state index in [9.17, 15) is 14.4 Å². The number of methoxy groups -OCH3 is 1. The molecule has 43 heavy (non-hydrogen) atoms. The number of amides is 2. The molecule has 1 aliphatic rings. The van der Waals surface area contributed by atoms with E-state index in [1.54, 1.807) is 43.3 Å². The predicted molar refractivity (Wildman–Crippen MR) is 170 cm³/mol. The Morgan fingerprint density at radius 2 is 1.74 bits per heavy atom. The summed E-state index contributed by atoms with van der Waals surface area (Å²) in [6, 6.07) is 12.6. The summed E-state index contributed by atoms with van der Waals surface area (Å²) < 4.78 is 17.2. The second kappa shape index (κ2) is 13.0. The van der Waals surface area contributed by atoms with Crippen LogP contribution in [0.25, 0.3) is 11.1 Å². The van der Waals surface area contributed by atoms with Gasteiger partial charge in [-0.15, -0.1) is 11.3 Å². The Morgan fingerprint density at radius 3 is 2.40 bits per heavy atom. The van der Waals surface area contributed by atoms with E-state index in [4.69, 9.17) is 14.2 Å². The molecule has 0 saturated carbocycles. The number of benzene rings is 2. The topological polar surface area (TPSA) is 101 Å². The van der Waals surface area contributed by atoms with Gasteiger partial charge in [0.05, 0.1) is 18.5 Å². The summed E-state index contributed by atoms with van der Waals surface area (Å²) >= 11 is 1.36. The van der Waals surface area contributed by atoms with E-state index in [0.29, 0.717) is 45.3 Å². The van der Waals surface area contributed by atoms with Crippen LogP contribution in [0.3, 0.4) is 0 Å². The maximum atomic E-state index is 13.3. The van der Waals surface area contributed by atoms with E-state index in [-0.39, 0.29) is 12.5 Å². The second-order valence-corrected chi connectivity index (χ2v) is 12.7. The minimum atomic E-state index is -0.811. The van der Waals surface area contributed by atoms with E-state index in [2.05, 4.69) is 10.2 Å². The van der Waals surface area contributed by atoms with E-state index in [0.717, 1.165) is 23.5 Å². The molecule has 1 N–H and O–H groups in total. The van der Waals surface area contributed by atoms with Gasteiger partial charge >= 0.3 is 12.1 Å². The highest BCUT2D eigenvalue weighted by molar-refractivity contribution is 7.13. The maximum absolute atomic E-state index is 13.3. The van der Waals surface area contributed by atoms with Crippen LogP contribution in [0.4, 0.5) is 16.2 Å². The Balaban J connectivity index is 1.68. The van der Waals surface area contributed by atoms with Crippen molar-refractivity contribution in [3.63, 3.8) is 0 Å². The molecular weight excluding hydrogens is 568 g/mol. The van der Waals surface area contributed by atoms with Crippen molar-refractivity contribution in [2.45, 2.75) is 39.3 Å². The third-order valence-electron chi connectivity index (χ3n) is 7.27. The van der Waals surface area contributed by atoms with E-state index in [1.165, 1.54) is 23.3 Å². The Labute approximate surface area is 257 Å². The highest BCUT2D eigenvalue weighted by Gasteiger charge is 2.39. The third kappa shape index (κ3) is 7.11. The third-order valence-corrected chi connectivity index (χ3v) is 8.25. The van der Waals surface area contributed by atoms with Gasteiger partial charge in [0.2, 0.25) is 0 Å². The van der Waals surface area contributed by atoms with E-state index < -0.39 is 17.6 Å². The second-order valence-electron chi connectivity index (χ2n) is 11.4. The average Bonchev–Trinajstić information content (AvgIpc) is 3.40. The Bertz CT molecular complexity index is 1520. The zero-order chi connectivity index (χ0) is 31.5. The first-order chi connectivity index (χ1) is 20.3. The lowest BCUT2D eigenvalue weighted by Crippen LogP contribution is -2.52. The van der Waals surface area contributed by atoms with Crippen LogP contribution in [0.5, 0.6) is 11.5 Å². The van der Waals surface area contributed by atoms with Gasteiger partial charge in [-0.2, -0.15) is 0 Å². The van der Waals surface area contributed by atoms with E-state index in [1.807, 2.05) is 53.1 Å². The number of nitrogens with zero attached hydrogens (tertiary/aromatic N) is 3. The minimum absolute atomic E-state index is 0.0777. The van der Waals surface area contributed by atoms with Crippen LogP contribution in [0.2, 0.25) is 0 Å². The molecule has 1 aliphatic heterocycles. The lowest BCUT2D eigenvalue weighted by atomic mass is 9.92. The Hall–Kier alpha value is -4.09. The molecule has 4 rings (SSSR count). The summed E-state index contributed by atoms with van der Waals surface area (Å²) in [5.74, 6) is 0.228. The molecule has 0 saturated heterocycles. The van der Waals surface area contributed by atoms with Crippen LogP contribution in [0.15, 0.2) is 42.5 Å². The fourth-order valence-corrected chi connectivity index (χ4v) is 5.80. The highest BCUT2D eigenvalue weighted by atomic mass is 32.1. The molecule has 230 valence electrons. The number of rotatable bonds is 10. The smallest absolute Gasteiger partial charge is 0.414 e. The van der Waals surface area contributed by atoms with Crippen molar-refractivity contribution >= 4 is 40.7 Å². The molecule has 0 bridgehead atoms. The van der Waals surface area contributed by atoms with Crippen molar-refractivity contribution in [1.29, 1.82) is 0 Å². The standard InChI is InChI=1S/C32H40N4O6S/c1-20-10-15-27(43-20)29(37)41-19-24-22(13-14-25-28(24)36(7)30(38)32(2,3)33-25)23-12-11-21(18-26(23)40-8)42-31(39)35(6)17-9-16-34(4)5/h10-15,18,33H,9,16-17,19H2,1-8H3. The molecule has 3 aromatic rings. The Morgan fingerprint density at radius 1 is 1.02 bits per heavy atom. The minimum Gasteiger partial charge on any atom is -0.496 e. The molecule has 0 spiro atoms. The van der Waals surface area contributed by atoms with Gasteiger partial charge in [-0.05, 0) is 83.7 Å². The van der Waals surface area contributed by atoms with Crippen molar-refractivity contribution in [3.8, 4) is 22.6 Å². The summed E-state index contributed by atoms with van der Waals surface area (Å²) in [7, 11) is 8.93. The Kier molecular flexibility index (Phi) is 9.66. The van der Waals surface area contributed by atoms with Crippen molar-refractivity contribution in [2.75, 3.05) is 58.6 Å². The summed E-state index contributed by atoms with van der Waals surface area (Å²) in [6.45, 7) is 6.92. The number of fused-ring (bicyclic) bond motifs is 1. The number of anilines is 2.